The lowest BCUT2D eigenvalue weighted by atomic mass is 10.1. The quantitative estimate of drug-likeness (QED) is 0.170. The number of anilines is 3. The molecule has 3 aromatic heterocycles. The fraction of sp³-hybridized carbons (Fsp3) is 0.0500. The SMILES string of the molecule is Cc1ccc(N(c2ccc(C)cc2)c2sc(-c3ncc(/N=c4\c(=O)c(=O)c5cc6ccccc6cc45)c4nsnc34)c3ccccc23)cc1. The van der Waals surface area contributed by atoms with Crippen molar-refractivity contribution in [3.63, 3.8) is 0 Å². The maximum Gasteiger partial charge on any atom is 0.252 e. The molecule has 0 spiro atoms. The smallest absolute Gasteiger partial charge is 0.252 e. The van der Waals surface area contributed by atoms with Crippen LogP contribution in [0.15, 0.2) is 130 Å². The van der Waals surface area contributed by atoms with Crippen molar-refractivity contribution in [2.45, 2.75) is 13.8 Å². The highest BCUT2D eigenvalue weighted by Crippen LogP contribution is 2.49. The maximum atomic E-state index is 13.3. The molecule has 0 aliphatic heterocycles. The molecule has 7 nitrogen and oxygen atoms in total. The van der Waals surface area contributed by atoms with E-state index in [4.69, 9.17) is 9.98 Å². The van der Waals surface area contributed by atoms with Gasteiger partial charge in [-0.25, -0.2) is 4.99 Å². The van der Waals surface area contributed by atoms with Gasteiger partial charge in [-0.2, -0.15) is 8.75 Å². The summed E-state index contributed by atoms with van der Waals surface area (Å²) in [6, 6.07) is 36.8. The van der Waals surface area contributed by atoms with Gasteiger partial charge < -0.3 is 4.90 Å². The summed E-state index contributed by atoms with van der Waals surface area (Å²) in [4.78, 5) is 39.2. The van der Waals surface area contributed by atoms with Crippen LogP contribution in [-0.2, 0) is 0 Å². The lowest BCUT2D eigenvalue weighted by Gasteiger charge is -2.24. The fourth-order valence-corrected chi connectivity index (χ4v) is 8.28. The maximum absolute atomic E-state index is 13.3. The summed E-state index contributed by atoms with van der Waals surface area (Å²) in [6.45, 7) is 4.18. The van der Waals surface area contributed by atoms with E-state index in [1.54, 1.807) is 23.6 Å². The Labute approximate surface area is 287 Å². The van der Waals surface area contributed by atoms with E-state index < -0.39 is 10.9 Å². The van der Waals surface area contributed by atoms with Gasteiger partial charge in [0.15, 0.2) is 0 Å². The number of fused-ring (bicyclic) bond motifs is 4. The molecule has 0 fully saturated rings. The molecule has 9 heteroatoms. The Balaban J connectivity index is 1.25. The average Bonchev–Trinajstić information content (AvgIpc) is 3.83. The third-order valence-electron chi connectivity index (χ3n) is 8.91. The van der Waals surface area contributed by atoms with Gasteiger partial charge in [-0.3, -0.25) is 14.6 Å². The number of aromatic nitrogens is 3. The minimum Gasteiger partial charge on any atom is -0.301 e. The monoisotopic (exact) mass is 671 g/mol. The second kappa shape index (κ2) is 11.4. The molecular weight excluding hydrogens is 647 g/mol. The van der Waals surface area contributed by atoms with Gasteiger partial charge in [0.2, 0.25) is 5.43 Å². The first-order valence-corrected chi connectivity index (χ1v) is 17.3. The highest BCUT2D eigenvalue weighted by atomic mass is 32.1. The second-order valence-electron chi connectivity index (χ2n) is 12.1. The topological polar surface area (TPSA) is 88.4 Å². The number of thiophene rings is 1. The van der Waals surface area contributed by atoms with Crippen molar-refractivity contribution < 1.29 is 0 Å². The molecule has 9 aromatic rings. The summed E-state index contributed by atoms with van der Waals surface area (Å²) in [5.74, 6) is 0. The number of hydrogen-bond donors (Lipinski definition) is 0. The summed E-state index contributed by atoms with van der Waals surface area (Å²) < 4.78 is 9.30. The highest BCUT2D eigenvalue weighted by Gasteiger charge is 2.24. The van der Waals surface area contributed by atoms with Crippen LogP contribution in [0.5, 0.6) is 0 Å². The van der Waals surface area contributed by atoms with Gasteiger partial charge in [-0.15, -0.1) is 11.3 Å². The molecule has 0 radical (unpaired) electrons. The van der Waals surface area contributed by atoms with E-state index in [-0.39, 0.29) is 5.36 Å². The van der Waals surface area contributed by atoms with Crippen molar-refractivity contribution in [3.8, 4) is 10.6 Å². The summed E-state index contributed by atoms with van der Waals surface area (Å²) in [6.07, 6.45) is 1.63. The number of benzene rings is 5. The van der Waals surface area contributed by atoms with E-state index in [1.807, 2.05) is 36.4 Å². The van der Waals surface area contributed by atoms with Crippen molar-refractivity contribution in [3.05, 3.63) is 152 Å². The van der Waals surface area contributed by atoms with Crippen LogP contribution in [-0.4, -0.2) is 13.7 Å². The number of aryl methyl sites for hydroxylation is 2. The lowest BCUT2D eigenvalue weighted by Crippen LogP contribution is -2.30. The minimum absolute atomic E-state index is 0.102. The van der Waals surface area contributed by atoms with Crippen LogP contribution >= 0.6 is 23.1 Å². The molecule has 0 aliphatic rings. The van der Waals surface area contributed by atoms with Gasteiger partial charge in [-0.05, 0) is 61.0 Å². The van der Waals surface area contributed by atoms with Gasteiger partial charge >= 0.3 is 0 Å². The Hall–Kier alpha value is -5.90. The summed E-state index contributed by atoms with van der Waals surface area (Å²) in [5, 5.41) is 6.00. The molecular formula is C40H25N5O2S2. The molecule has 49 heavy (non-hydrogen) atoms. The third-order valence-corrected chi connectivity index (χ3v) is 10.7. The normalized spacial score (nSPS) is 12.2. The van der Waals surface area contributed by atoms with E-state index in [1.165, 1.54) is 11.1 Å². The molecule has 0 saturated heterocycles. The number of hydrogen-bond acceptors (Lipinski definition) is 9. The second-order valence-corrected chi connectivity index (χ2v) is 13.6. The first kappa shape index (κ1) is 29.3. The molecule has 0 N–H and O–H groups in total. The molecule has 0 saturated carbocycles. The van der Waals surface area contributed by atoms with Crippen LogP contribution in [0.1, 0.15) is 11.1 Å². The standard InChI is InChI=1S/C40H25N5O2S2/c1-22-11-15-26(16-12-22)45(27-17-13-23(2)14-18-27)40-29-10-6-5-9-28(29)39(48-40)36-35-34(43-49-44-35)32(21-41-36)42-33-30-19-24-7-3-4-8-25(24)20-31(30)37(46)38(33)47/h3-21H,1-2H3/b42-33-. The Bertz CT molecular complexity index is 2860. The molecule has 0 amide bonds. The van der Waals surface area contributed by atoms with E-state index >= 15 is 0 Å². The fourth-order valence-electron chi connectivity index (χ4n) is 6.40. The number of pyridine rings is 1. The molecule has 0 aliphatic carbocycles. The van der Waals surface area contributed by atoms with E-state index in [2.05, 4.69) is 94.2 Å². The summed E-state index contributed by atoms with van der Waals surface area (Å²) in [5.41, 5.74) is 5.51. The van der Waals surface area contributed by atoms with Crippen molar-refractivity contribution >= 4 is 88.5 Å². The lowest BCUT2D eigenvalue weighted by molar-refractivity contribution is 1.29. The van der Waals surface area contributed by atoms with Gasteiger partial charge in [0.1, 0.15) is 32.8 Å². The Morgan fingerprint density at radius 2 is 1.22 bits per heavy atom. The molecule has 234 valence electrons. The zero-order valence-corrected chi connectivity index (χ0v) is 28.0. The zero-order chi connectivity index (χ0) is 33.2. The molecule has 6 aromatic carbocycles. The largest absolute Gasteiger partial charge is 0.301 e. The molecule has 0 unspecified atom stereocenters. The van der Waals surface area contributed by atoms with Crippen LogP contribution in [0.4, 0.5) is 22.1 Å². The van der Waals surface area contributed by atoms with Gasteiger partial charge in [-0.1, -0.05) is 83.9 Å². The van der Waals surface area contributed by atoms with Crippen LogP contribution in [0.3, 0.4) is 0 Å². The van der Waals surface area contributed by atoms with E-state index in [9.17, 15) is 9.59 Å². The Morgan fingerprint density at radius 3 is 1.90 bits per heavy atom. The third kappa shape index (κ3) is 4.77. The molecule has 3 heterocycles. The van der Waals surface area contributed by atoms with Crippen LogP contribution in [0, 0.1) is 13.8 Å². The summed E-state index contributed by atoms with van der Waals surface area (Å²) in [7, 11) is 0. The van der Waals surface area contributed by atoms with Gasteiger partial charge in [0.25, 0.3) is 5.43 Å². The number of nitrogens with zero attached hydrogens (tertiary/aromatic N) is 5. The number of rotatable bonds is 5. The molecule has 0 atom stereocenters. The average molecular weight is 672 g/mol. The molecule has 0 bridgehead atoms. The minimum atomic E-state index is -0.632. The van der Waals surface area contributed by atoms with Crippen molar-refractivity contribution in [2.24, 2.45) is 4.99 Å². The highest BCUT2D eigenvalue weighted by molar-refractivity contribution is 7.21. The van der Waals surface area contributed by atoms with Gasteiger partial charge in [0.05, 0.1) is 22.8 Å². The Morgan fingerprint density at radius 1 is 0.633 bits per heavy atom. The van der Waals surface area contributed by atoms with E-state index in [0.717, 1.165) is 54.5 Å². The van der Waals surface area contributed by atoms with Crippen molar-refractivity contribution in [1.82, 2.24) is 13.7 Å². The van der Waals surface area contributed by atoms with Gasteiger partial charge in [0, 0.05) is 32.9 Å². The summed E-state index contributed by atoms with van der Waals surface area (Å²) >= 11 is 2.72. The first-order valence-electron chi connectivity index (χ1n) is 15.7. The van der Waals surface area contributed by atoms with Crippen LogP contribution < -0.4 is 21.1 Å². The predicted molar refractivity (Wildman–Crippen MR) is 202 cm³/mol. The molecule has 9 rings (SSSR count). The zero-order valence-electron chi connectivity index (χ0n) is 26.3. The van der Waals surface area contributed by atoms with Crippen molar-refractivity contribution in [2.75, 3.05) is 4.90 Å². The van der Waals surface area contributed by atoms with Crippen molar-refractivity contribution in [1.29, 1.82) is 0 Å². The first-order chi connectivity index (χ1) is 23.9. The van der Waals surface area contributed by atoms with E-state index in [0.29, 0.717) is 33.2 Å². The van der Waals surface area contributed by atoms with Crippen LogP contribution in [0.2, 0.25) is 0 Å². The Kier molecular flexibility index (Phi) is 6.79. The predicted octanol–water partition coefficient (Wildman–Crippen LogP) is 9.19. The van der Waals surface area contributed by atoms with Crippen LogP contribution in [0.25, 0.3) is 53.9 Å².